The number of carbonyl (C=O) groups excluding carboxylic acids is 1. The largest absolute Gasteiger partial charge is 0.331 e. The molecule has 4 nitrogen and oxygen atoms in total. The van der Waals surface area contributed by atoms with E-state index in [0.29, 0.717) is 5.56 Å². The van der Waals surface area contributed by atoms with Gasteiger partial charge in [-0.25, -0.2) is 4.39 Å². The SMILES string of the molecule is CCc1cccc(NC(=S)NNC(=O)c2ccc(F)cc2)c1. The minimum atomic E-state index is -0.397. The summed E-state index contributed by atoms with van der Waals surface area (Å²) in [6, 6.07) is 13.1. The number of hydrazine groups is 1. The molecule has 6 heteroatoms. The van der Waals surface area contributed by atoms with E-state index in [9.17, 15) is 9.18 Å². The number of anilines is 1. The van der Waals surface area contributed by atoms with Crippen LogP contribution in [0.4, 0.5) is 10.1 Å². The first-order valence-electron chi connectivity index (χ1n) is 6.80. The van der Waals surface area contributed by atoms with Crippen molar-refractivity contribution in [2.24, 2.45) is 0 Å². The summed E-state index contributed by atoms with van der Waals surface area (Å²) >= 11 is 5.11. The molecular weight excluding hydrogens is 301 g/mol. The molecule has 0 aromatic heterocycles. The summed E-state index contributed by atoms with van der Waals surface area (Å²) in [6.45, 7) is 2.07. The molecule has 0 atom stereocenters. The van der Waals surface area contributed by atoms with Crippen LogP contribution in [0.2, 0.25) is 0 Å². The third kappa shape index (κ3) is 4.53. The molecule has 0 bridgehead atoms. The van der Waals surface area contributed by atoms with Crippen LogP contribution in [0, 0.1) is 5.82 Å². The van der Waals surface area contributed by atoms with Crippen LogP contribution in [0.3, 0.4) is 0 Å². The first-order valence-corrected chi connectivity index (χ1v) is 7.21. The Morgan fingerprint density at radius 2 is 1.86 bits per heavy atom. The van der Waals surface area contributed by atoms with E-state index in [1.54, 1.807) is 0 Å². The molecule has 0 aliphatic rings. The van der Waals surface area contributed by atoms with E-state index in [4.69, 9.17) is 12.2 Å². The molecule has 0 saturated heterocycles. The summed E-state index contributed by atoms with van der Waals surface area (Å²) in [5.74, 6) is -0.788. The van der Waals surface area contributed by atoms with Gasteiger partial charge in [0.1, 0.15) is 5.82 Å². The molecule has 0 fully saturated rings. The van der Waals surface area contributed by atoms with Gasteiger partial charge in [-0.2, -0.15) is 0 Å². The highest BCUT2D eigenvalue weighted by Gasteiger charge is 2.06. The minimum absolute atomic E-state index is 0.267. The summed E-state index contributed by atoms with van der Waals surface area (Å²) in [7, 11) is 0. The predicted octanol–water partition coefficient (Wildman–Crippen LogP) is 3.02. The topological polar surface area (TPSA) is 53.2 Å². The number of aryl methyl sites for hydroxylation is 1. The van der Waals surface area contributed by atoms with Crippen LogP contribution < -0.4 is 16.2 Å². The molecule has 2 aromatic carbocycles. The number of hydrogen-bond donors (Lipinski definition) is 3. The van der Waals surface area contributed by atoms with Gasteiger partial charge in [0.05, 0.1) is 0 Å². The average molecular weight is 317 g/mol. The second-order valence-corrected chi connectivity index (χ2v) is 5.00. The third-order valence-corrected chi connectivity index (χ3v) is 3.19. The molecule has 0 saturated carbocycles. The van der Waals surface area contributed by atoms with Crippen LogP contribution in [-0.2, 0) is 6.42 Å². The first kappa shape index (κ1) is 15.9. The smallest absolute Gasteiger partial charge is 0.269 e. The molecule has 0 spiro atoms. The average Bonchev–Trinajstić information content (AvgIpc) is 2.53. The number of thiocarbonyl (C=S) groups is 1. The van der Waals surface area contributed by atoms with Crippen molar-refractivity contribution in [2.75, 3.05) is 5.32 Å². The van der Waals surface area contributed by atoms with Gasteiger partial charge in [0.2, 0.25) is 0 Å². The second-order valence-electron chi connectivity index (χ2n) is 4.59. The maximum atomic E-state index is 12.8. The predicted molar refractivity (Wildman–Crippen MR) is 89.0 cm³/mol. The van der Waals surface area contributed by atoms with E-state index in [2.05, 4.69) is 23.1 Å². The summed E-state index contributed by atoms with van der Waals surface area (Å²) in [5.41, 5.74) is 7.42. The van der Waals surface area contributed by atoms with Crippen molar-refractivity contribution < 1.29 is 9.18 Å². The lowest BCUT2D eigenvalue weighted by atomic mass is 10.1. The van der Waals surface area contributed by atoms with Crippen LogP contribution in [0.15, 0.2) is 48.5 Å². The maximum absolute atomic E-state index is 12.8. The number of rotatable bonds is 3. The molecule has 0 aliphatic carbocycles. The standard InChI is InChI=1S/C16H16FN3OS/c1-2-11-4-3-5-14(10-11)18-16(22)20-19-15(21)12-6-8-13(17)9-7-12/h3-10H,2H2,1H3,(H,19,21)(H2,18,20,22). The molecule has 2 rings (SSSR count). The van der Waals surface area contributed by atoms with Gasteiger partial charge < -0.3 is 5.32 Å². The van der Waals surface area contributed by atoms with Crippen LogP contribution in [-0.4, -0.2) is 11.0 Å². The van der Waals surface area contributed by atoms with E-state index in [-0.39, 0.29) is 5.11 Å². The fourth-order valence-electron chi connectivity index (χ4n) is 1.82. The fourth-order valence-corrected chi connectivity index (χ4v) is 1.99. The lowest BCUT2D eigenvalue weighted by molar-refractivity contribution is 0.0944. The molecule has 3 N–H and O–H groups in total. The van der Waals surface area contributed by atoms with Crippen LogP contribution >= 0.6 is 12.2 Å². The van der Waals surface area contributed by atoms with Crippen molar-refractivity contribution >= 4 is 28.9 Å². The zero-order valence-electron chi connectivity index (χ0n) is 12.0. The monoisotopic (exact) mass is 317 g/mol. The molecule has 1 amide bonds. The van der Waals surface area contributed by atoms with Gasteiger partial charge in [-0.3, -0.25) is 15.6 Å². The fraction of sp³-hybridized carbons (Fsp3) is 0.125. The van der Waals surface area contributed by atoms with Gasteiger partial charge in [-0.15, -0.1) is 0 Å². The summed E-state index contributed by atoms with van der Waals surface area (Å²) < 4.78 is 12.8. The number of carbonyl (C=O) groups is 1. The highest BCUT2D eigenvalue weighted by atomic mass is 32.1. The number of hydrogen-bond acceptors (Lipinski definition) is 2. The van der Waals surface area contributed by atoms with Crippen LogP contribution in [0.25, 0.3) is 0 Å². The molecule has 114 valence electrons. The molecule has 0 unspecified atom stereocenters. The molecule has 0 radical (unpaired) electrons. The van der Waals surface area contributed by atoms with Crippen molar-refractivity contribution in [1.82, 2.24) is 10.9 Å². The zero-order chi connectivity index (χ0) is 15.9. The first-order chi connectivity index (χ1) is 10.6. The van der Waals surface area contributed by atoms with E-state index in [0.717, 1.165) is 12.1 Å². The molecule has 0 heterocycles. The van der Waals surface area contributed by atoms with Crippen molar-refractivity contribution in [3.63, 3.8) is 0 Å². The van der Waals surface area contributed by atoms with E-state index in [1.165, 1.54) is 29.8 Å². The Morgan fingerprint density at radius 1 is 1.14 bits per heavy atom. The Labute approximate surface area is 133 Å². The Kier molecular flexibility index (Phi) is 5.43. The minimum Gasteiger partial charge on any atom is -0.331 e. The van der Waals surface area contributed by atoms with Gasteiger partial charge in [0, 0.05) is 11.3 Å². The van der Waals surface area contributed by atoms with E-state index in [1.807, 2.05) is 24.3 Å². The van der Waals surface area contributed by atoms with Crippen molar-refractivity contribution in [3.8, 4) is 0 Å². The van der Waals surface area contributed by atoms with Gasteiger partial charge in [0.15, 0.2) is 5.11 Å². The maximum Gasteiger partial charge on any atom is 0.269 e. The molecule has 2 aromatic rings. The van der Waals surface area contributed by atoms with Crippen molar-refractivity contribution in [2.45, 2.75) is 13.3 Å². The quantitative estimate of drug-likeness (QED) is 0.602. The highest BCUT2D eigenvalue weighted by Crippen LogP contribution is 2.10. The second kappa shape index (κ2) is 7.51. The number of amides is 1. The van der Waals surface area contributed by atoms with Gasteiger partial charge in [0.25, 0.3) is 5.91 Å². The van der Waals surface area contributed by atoms with E-state index < -0.39 is 11.7 Å². The Bertz CT molecular complexity index is 673. The molecule has 22 heavy (non-hydrogen) atoms. The summed E-state index contributed by atoms with van der Waals surface area (Å²) in [4.78, 5) is 11.8. The van der Waals surface area contributed by atoms with Gasteiger partial charge >= 0.3 is 0 Å². The number of halogens is 1. The third-order valence-electron chi connectivity index (χ3n) is 2.99. The summed E-state index contributed by atoms with van der Waals surface area (Å²) in [6.07, 6.45) is 0.928. The van der Waals surface area contributed by atoms with Gasteiger partial charge in [-0.05, 0) is 60.6 Å². The van der Waals surface area contributed by atoms with Gasteiger partial charge in [-0.1, -0.05) is 19.1 Å². The lowest BCUT2D eigenvalue weighted by Gasteiger charge is -2.12. The zero-order valence-corrected chi connectivity index (χ0v) is 12.8. The number of benzene rings is 2. The Balaban J connectivity index is 1.87. The van der Waals surface area contributed by atoms with Crippen LogP contribution in [0.1, 0.15) is 22.8 Å². The molecular formula is C16H16FN3OS. The van der Waals surface area contributed by atoms with Crippen molar-refractivity contribution in [1.29, 1.82) is 0 Å². The number of nitrogens with one attached hydrogen (secondary N) is 3. The Hall–Kier alpha value is -2.47. The van der Waals surface area contributed by atoms with Crippen molar-refractivity contribution in [3.05, 3.63) is 65.5 Å². The highest BCUT2D eigenvalue weighted by molar-refractivity contribution is 7.80. The normalized spacial score (nSPS) is 9.91. The molecule has 0 aliphatic heterocycles. The summed E-state index contributed by atoms with van der Waals surface area (Å²) in [5, 5.41) is 3.25. The Morgan fingerprint density at radius 3 is 2.55 bits per heavy atom. The lowest BCUT2D eigenvalue weighted by Crippen LogP contribution is -2.43. The van der Waals surface area contributed by atoms with Crippen LogP contribution in [0.5, 0.6) is 0 Å². The van der Waals surface area contributed by atoms with E-state index >= 15 is 0 Å².